The fourth-order valence-electron chi connectivity index (χ4n) is 7.29. The van der Waals surface area contributed by atoms with Gasteiger partial charge in [-0.15, -0.1) is 0 Å². The van der Waals surface area contributed by atoms with Gasteiger partial charge >= 0.3 is 0 Å². The standard InChI is InChI=1S/C47H29N3O/c1-3-12-30(13-4-1)31-22-24-34(25-23-31)46-48-45(33-15-5-2-6-16-33)49-47(50-46)40-29-28-38(36-18-9-10-19-37(36)40)39-20-11-21-42-43(39)41-27-26-32-14-7-8-17-35(32)44(41)51-42/h1-29H. The van der Waals surface area contributed by atoms with E-state index in [1.165, 1.54) is 10.9 Å². The Balaban J connectivity index is 1.15. The second-order valence-electron chi connectivity index (χ2n) is 12.8. The topological polar surface area (TPSA) is 51.8 Å². The van der Waals surface area contributed by atoms with Gasteiger partial charge in [-0.3, -0.25) is 0 Å². The van der Waals surface area contributed by atoms with Crippen molar-refractivity contribution in [2.45, 2.75) is 0 Å². The summed E-state index contributed by atoms with van der Waals surface area (Å²) >= 11 is 0. The van der Waals surface area contributed by atoms with E-state index in [-0.39, 0.29) is 0 Å². The summed E-state index contributed by atoms with van der Waals surface area (Å²) in [6, 6.07) is 60.9. The molecule has 0 aliphatic carbocycles. The van der Waals surface area contributed by atoms with Gasteiger partial charge in [0.25, 0.3) is 0 Å². The highest BCUT2D eigenvalue weighted by molar-refractivity contribution is 6.21. The van der Waals surface area contributed by atoms with Crippen LogP contribution in [-0.2, 0) is 0 Å². The Morgan fingerprint density at radius 3 is 1.61 bits per heavy atom. The number of hydrogen-bond donors (Lipinski definition) is 0. The first-order valence-corrected chi connectivity index (χ1v) is 17.1. The van der Waals surface area contributed by atoms with Gasteiger partial charge in [0.1, 0.15) is 11.2 Å². The molecule has 0 bridgehead atoms. The maximum atomic E-state index is 6.55. The second-order valence-corrected chi connectivity index (χ2v) is 12.8. The lowest BCUT2D eigenvalue weighted by atomic mass is 9.92. The van der Waals surface area contributed by atoms with Gasteiger partial charge in [-0.2, -0.15) is 0 Å². The molecule has 4 heteroatoms. The number of hydrogen-bond acceptors (Lipinski definition) is 4. The van der Waals surface area contributed by atoms with Crippen molar-refractivity contribution in [3.63, 3.8) is 0 Å². The van der Waals surface area contributed by atoms with Gasteiger partial charge in [0.15, 0.2) is 17.5 Å². The normalized spacial score (nSPS) is 11.5. The van der Waals surface area contributed by atoms with Gasteiger partial charge < -0.3 is 4.42 Å². The highest BCUT2D eigenvalue weighted by Crippen LogP contribution is 2.43. The Hall–Kier alpha value is -6.91. The summed E-state index contributed by atoms with van der Waals surface area (Å²) in [7, 11) is 0. The van der Waals surface area contributed by atoms with E-state index in [1.807, 2.05) is 36.4 Å². The Kier molecular flexibility index (Phi) is 6.78. The van der Waals surface area contributed by atoms with Gasteiger partial charge in [0.2, 0.25) is 0 Å². The van der Waals surface area contributed by atoms with E-state index in [0.717, 1.165) is 71.5 Å². The van der Waals surface area contributed by atoms with Crippen molar-refractivity contribution in [2.75, 3.05) is 0 Å². The molecule has 238 valence electrons. The number of aromatic nitrogens is 3. The Morgan fingerprint density at radius 2 is 0.863 bits per heavy atom. The molecule has 2 heterocycles. The van der Waals surface area contributed by atoms with Gasteiger partial charge in [-0.1, -0.05) is 158 Å². The van der Waals surface area contributed by atoms with Crippen LogP contribution >= 0.6 is 0 Å². The molecule has 51 heavy (non-hydrogen) atoms. The number of fused-ring (bicyclic) bond motifs is 6. The van der Waals surface area contributed by atoms with Crippen LogP contribution in [0.2, 0.25) is 0 Å². The Bertz CT molecular complexity index is 2900. The van der Waals surface area contributed by atoms with Crippen LogP contribution in [0, 0.1) is 0 Å². The molecule has 0 spiro atoms. The first kappa shape index (κ1) is 29.0. The van der Waals surface area contributed by atoms with E-state index in [9.17, 15) is 0 Å². The number of nitrogens with zero attached hydrogens (tertiary/aromatic N) is 3. The third-order valence-electron chi connectivity index (χ3n) is 9.76. The molecule has 0 unspecified atom stereocenters. The number of furan rings is 1. The summed E-state index contributed by atoms with van der Waals surface area (Å²) in [6.07, 6.45) is 0. The molecule has 0 radical (unpaired) electrons. The summed E-state index contributed by atoms with van der Waals surface area (Å²) < 4.78 is 6.55. The average Bonchev–Trinajstić information content (AvgIpc) is 3.61. The Morgan fingerprint density at radius 1 is 0.314 bits per heavy atom. The van der Waals surface area contributed by atoms with Crippen molar-refractivity contribution in [1.82, 2.24) is 15.0 Å². The molecule has 0 saturated carbocycles. The molecule has 0 aliphatic rings. The summed E-state index contributed by atoms with van der Waals surface area (Å²) in [5, 5.41) is 6.70. The lowest BCUT2D eigenvalue weighted by Gasteiger charge is -2.14. The average molecular weight is 652 g/mol. The van der Waals surface area contributed by atoms with Crippen LogP contribution in [0.1, 0.15) is 0 Å². The van der Waals surface area contributed by atoms with Gasteiger partial charge in [-0.25, -0.2) is 15.0 Å². The van der Waals surface area contributed by atoms with Crippen molar-refractivity contribution in [2.24, 2.45) is 0 Å². The summed E-state index contributed by atoms with van der Waals surface area (Å²) in [4.78, 5) is 15.2. The SMILES string of the molecule is c1ccc(-c2ccc(-c3nc(-c4ccccc4)nc(-c4ccc(-c5cccc6oc7c8ccccc8ccc7c56)c5ccccc45)n3)cc2)cc1. The van der Waals surface area contributed by atoms with E-state index < -0.39 is 0 Å². The lowest BCUT2D eigenvalue weighted by Crippen LogP contribution is -2.00. The highest BCUT2D eigenvalue weighted by atomic mass is 16.3. The molecule has 0 atom stereocenters. The third kappa shape index (κ3) is 4.96. The van der Waals surface area contributed by atoms with Gasteiger partial charge in [-0.05, 0) is 56.6 Å². The van der Waals surface area contributed by atoms with E-state index in [0.29, 0.717) is 17.5 Å². The fourth-order valence-corrected chi connectivity index (χ4v) is 7.29. The van der Waals surface area contributed by atoms with Crippen LogP contribution in [-0.4, -0.2) is 15.0 Å². The minimum atomic E-state index is 0.632. The summed E-state index contributed by atoms with van der Waals surface area (Å²) in [5.74, 6) is 1.90. The van der Waals surface area contributed by atoms with E-state index in [2.05, 4.69) is 140 Å². The van der Waals surface area contributed by atoms with Crippen molar-refractivity contribution >= 4 is 43.5 Å². The molecule has 0 N–H and O–H groups in total. The quantitative estimate of drug-likeness (QED) is 0.186. The van der Waals surface area contributed by atoms with Gasteiger partial charge in [0.05, 0.1) is 0 Å². The number of benzene rings is 8. The molecule has 10 aromatic rings. The second kappa shape index (κ2) is 11.9. The minimum Gasteiger partial charge on any atom is -0.455 e. The van der Waals surface area contributed by atoms with Gasteiger partial charge in [0, 0.05) is 32.8 Å². The van der Waals surface area contributed by atoms with Crippen molar-refractivity contribution in [1.29, 1.82) is 0 Å². The monoisotopic (exact) mass is 651 g/mol. The predicted octanol–water partition coefficient (Wildman–Crippen LogP) is 12.4. The zero-order valence-corrected chi connectivity index (χ0v) is 27.5. The largest absolute Gasteiger partial charge is 0.455 e. The molecule has 0 amide bonds. The van der Waals surface area contributed by atoms with Crippen LogP contribution < -0.4 is 0 Å². The summed E-state index contributed by atoms with van der Waals surface area (Å²) in [6.45, 7) is 0. The van der Waals surface area contributed by atoms with Crippen molar-refractivity contribution in [3.05, 3.63) is 176 Å². The molecule has 0 saturated heterocycles. The summed E-state index contributed by atoms with van der Waals surface area (Å²) in [5.41, 5.74) is 9.19. The van der Waals surface area contributed by atoms with Crippen LogP contribution in [0.4, 0.5) is 0 Å². The molecular weight excluding hydrogens is 623 g/mol. The van der Waals surface area contributed by atoms with Crippen molar-refractivity contribution in [3.8, 4) is 56.4 Å². The fraction of sp³-hybridized carbons (Fsp3) is 0. The number of rotatable bonds is 5. The lowest BCUT2D eigenvalue weighted by molar-refractivity contribution is 0.673. The zero-order chi connectivity index (χ0) is 33.7. The third-order valence-corrected chi connectivity index (χ3v) is 9.76. The molecule has 10 rings (SSSR count). The molecule has 2 aromatic heterocycles. The van der Waals surface area contributed by atoms with E-state index >= 15 is 0 Å². The maximum absolute atomic E-state index is 6.55. The van der Waals surface area contributed by atoms with E-state index in [4.69, 9.17) is 19.4 Å². The van der Waals surface area contributed by atoms with Crippen molar-refractivity contribution < 1.29 is 4.42 Å². The molecule has 4 nitrogen and oxygen atoms in total. The predicted molar refractivity (Wildman–Crippen MR) is 209 cm³/mol. The zero-order valence-electron chi connectivity index (χ0n) is 27.5. The first-order valence-electron chi connectivity index (χ1n) is 17.1. The van der Waals surface area contributed by atoms with Crippen LogP contribution in [0.3, 0.4) is 0 Å². The minimum absolute atomic E-state index is 0.632. The maximum Gasteiger partial charge on any atom is 0.164 e. The van der Waals surface area contributed by atoms with Crippen LogP contribution in [0.15, 0.2) is 180 Å². The highest BCUT2D eigenvalue weighted by Gasteiger charge is 2.19. The Labute approximate surface area is 294 Å². The van der Waals surface area contributed by atoms with E-state index in [1.54, 1.807) is 0 Å². The van der Waals surface area contributed by atoms with Crippen LogP contribution in [0.25, 0.3) is 99.9 Å². The van der Waals surface area contributed by atoms with Crippen LogP contribution in [0.5, 0.6) is 0 Å². The molecule has 0 aliphatic heterocycles. The molecular formula is C47H29N3O. The first-order chi connectivity index (χ1) is 25.3. The smallest absolute Gasteiger partial charge is 0.164 e. The molecule has 8 aromatic carbocycles. The molecule has 0 fully saturated rings.